The van der Waals surface area contributed by atoms with Crippen LogP contribution in [0.4, 0.5) is 4.39 Å². The lowest BCUT2D eigenvalue weighted by Gasteiger charge is -2.30. The van der Waals surface area contributed by atoms with E-state index in [0.29, 0.717) is 11.1 Å². The Balaban J connectivity index is 2.06. The normalized spacial score (nSPS) is 18.3. The molecular formula is C16H23ClFN. The van der Waals surface area contributed by atoms with Crippen molar-refractivity contribution in [2.75, 3.05) is 6.54 Å². The van der Waals surface area contributed by atoms with Gasteiger partial charge >= 0.3 is 0 Å². The smallest absolute Gasteiger partial charge is 0.126 e. The summed E-state index contributed by atoms with van der Waals surface area (Å²) >= 11 is 5.98. The molecule has 3 heteroatoms. The Labute approximate surface area is 120 Å². The Morgan fingerprint density at radius 3 is 2.79 bits per heavy atom. The van der Waals surface area contributed by atoms with Crippen molar-refractivity contribution in [3.63, 3.8) is 0 Å². The van der Waals surface area contributed by atoms with Crippen molar-refractivity contribution >= 4 is 11.6 Å². The molecule has 0 heterocycles. The average molecular weight is 284 g/mol. The largest absolute Gasteiger partial charge is 0.313 e. The molecule has 1 aliphatic carbocycles. The van der Waals surface area contributed by atoms with Crippen molar-refractivity contribution < 1.29 is 4.39 Å². The second kappa shape index (κ2) is 6.23. The van der Waals surface area contributed by atoms with Crippen molar-refractivity contribution in [1.29, 1.82) is 0 Å². The van der Waals surface area contributed by atoms with Gasteiger partial charge < -0.3 is 5.32 Å². The van der Waals surface area contributed by atoms with Crippen molar-refractivity contribution in [2.45, 2.75) is 52.0 Å². The molecule has 1 fully saturated rings. The highest BCUT2D eigenvalue weighted by molar-refractivity contribution is 6.30. The van der Waals surface area contributed by atoms with Gasteiger partial charge in [-0.15, -0.1) is 0 Å². The average Bonchev–Trinajstić information content (AvgIpc) is 3.16. The summed E-state index contributed by atoms with van der Waals surface area (Å²) in [6, 6.07) is 5.54. The van der Waals surface area contributed by atoms with Gasteiger partial charge in [-0.2, -0.15) is 0 Å². The zero-order valence-corrected chi connectivity index (χ0v) is 12.6. The van der Waals surface area contributed by atoms with Gasteiger partial charge in [-0.05, 0) is 54.9 Å². The molecule has 1 unspecified atom stereocenters. The Hall–Kier alpha value is -0.600. The number of rotatable bonds is 7. The van der Waals surface area contributed by atoms with Gasteiger partial charge in [0.05, 0.1) is 0 Å². The fraction of sp³-hybridized carbons (Fsp3) is 0.625. The molecule has 2 rings (SSSR count). The predicted octanol–water partition coefficient (Wildman–Crippen LogP) is 4.58. The van der Waals surface area contributed by atoms with E-state index >= 15 is 0 Å². The molecule has 1 N–H and O–H groups in total. The second-order valence-electron chi connectivity index (χ2n) is 6.13. The van der Waals surface area contributed by atoms with Crippen LogP contribution in [0.1, 0.15) is 45.1 Å². The summed E-state index contributed by atoms with van der Waals surface area (Å²) in [6.45, 7) is 5.38. The van der Waals surface area contributed by atoms with E-state index in [1.807, 2.05) is 0 Å². The molecule has 0 radical (unpaired) electrons. The lowest BCUT2D eigenvalue weighted by molar-refractivity contribution is 0.271. The molecule has 1 saturated carbocycles. The lowest BCUT2D eigenvalue weighted by Crippen LogP contribution is -2.35. The van der Waals surface area contributed by atoms with Crippen LogP contribution in [-0.4, -0.2) is 12.6 Å². The van der Waals surface area contributed by atoms with E-state index in [1.54, 1.807) is 12.1 Å². The molecule has 19 heavy (non-hydrogen) atoms. The Kier molecular flexibility index (Phi) is 4.86. The molecule has 1 aliphatic rings. The molecule has 0 amide bonds. The van der Waals surface area contributed by atoms with Gasteiger partial charge in [0.25, 0.3) is 0 Å². The first-order chi connectivity index (χ1) is 9.02. The third-order valence-corrected chi connectivity index (χ3v) is 4.11. The van der Waals surface area contributed by atoms with Crippen LogP contribution in [0.15, 0.2) is 18.2 Å². The van der Waals surface area contributed by atoms with Crippen LogP contribution in [-0.2, 0) is 6.42 Å². The van der Waals surface area contributed by atoms with Gasteiger partial charge in [-0.25, -0.2) is 4.39 Å². The third kappa shape index (κ3) is 4.47. The van der Waals surface area contributed by atoms with Gasteiger partial charge in [0, 0.05) is 17.6 Å². The van der Waals surface area contributed by atoms with Gasteiger partial charge in [0.15, 0.2) is 0 Å². The molecule has 1 atom stereocenters. The summed E-state index contributed by atoms with van der Waals surface area (Å²) in [4.78, 5) is 0. The molecular weight excluding hydrogens is 261 g/mol. The third-order valence-electron chi connectivity index (χ3n) is 3.87. The highest BCUT2D eigenvalue weighted by atomic mass is 35.5. The fourth-order valence-electron chi connectivity index (χ4n) is 2.66. The monoisotopic (exact) mass is 283 g/mol. The quantitative estimate of drug-likeness (QED) is 0.772. The topological polar surface area (TPSA) is 12.0 Å². The van der Waals surface area contributed by atoms with Crippen LogP contribution >= 0.6 is 11.6 Å². The lowest BCUT2D eigenvalue weighted by atomic mass is 9.79. The molecule has 1 aromatic carbocycles. The summed E-state index contributed by atoms with van der Waals surface area (Å²) in [5.74, 6) is -0.141. The first-order valence-electron chi connectivity index (χ1n) is 7.20. The Bertz CT molecular complexity index is 431. The summed E-state index contributed by atoms with van der Waals surface area (Å²) in [7, 11) is 0. The highest BCUT2D eigenvalue weighted by Gasteiger charge is 2.29. The van der Waals surface area contributed by atoms with Crippen LogP contribution in [0.25, 0.3) is 0 Å². The van der Waals surface area contributed by atoms with Gasteiger partial charge in [0.1, 0.15) is 5.82 Å². The SMILES string of the molecule is CCCC(C)(CNC1CC1)Cc1cc(Cl)ccc1F. The number of nitrogens with one attached hydrogen (secondary N) is 1. The van der Waals surface area contributed by atoms with Crippen molar-refractivity contribution in [2.24, 2.45) is 5.41 Å². The van der Waals surface area contributed by atoms with E-state index in [2.05, 4.69) is 19.2 Å². The molecule has 0 saturated heterocycles. The van der Waals surface area contributed by atoms with Crippen molar-refractivity contribution in [1.82, 2.24) is 5.32 Å². The van der Waals surface area contributed by atoms with Crippen molar-refractivity contribution in [3.05, 3.63) is 34.6 Å². The van der Waals surface area contributed by atoms with Crippen LogP contribution in [0, 0.1) is 11.2 Å². The number of hydrogen-bond acceptors (Lipinski definition) is 1. The maximum atomic E-state index is 13.9. The number of hydrogen-bond donors (Lipinski definition) is 1. The minimum Gasteiger partial charge on any atom is -0.313 e. The van der Waals surface area contributed by atoms with E-state index in [9.17, 15) is 4.39 Å². The van der Waals surface area contributed by atoms with E-state index < -0.39 is 0 Å². The molecule has 1 aromatic rings. The molecule has 106 valence electrons. The maximum Gasteiger partial charge on any atom is 0.126 e. The van der Waals surface area contributed by atoms with E-state index in [1.165, 1.54) is 18.9 Å². The van der Waals surface area contributed by atoms with Crippen LogP contribution in [0.2, 0.25) is 5.02 Å². The summed E-state index contributed by atoms with van der Waals surface area (Å²) in [5, 5.41) is 4.20. The summed E-state index contributed by atoms with van der Waals surface area (Å²) < 4.78 is 13.9. The number of halogens is 2. The zero-order chi connectivity index (χ0) is 13.9. The molecule has 0 bridgehead atoms. The summed E-state index contributed by atoms with van der Waals surface area (Å²) in [5.41, 5.74) is 0.837. The standard InChI is InChI=1S/C16H23ClFN/c1-3-8-16(2,11-19-14-5-6-14)10-12-9-13(17)4-7-15(12)18/h4,7,9,14,19H,3,5-6,8,10-11H2,1-2H3. The van der Waals surface area contributed by atoms with Crippen LogP contribution in [0.5, 0.6) is 0 Å². The zero-order valence-electron chi connectivity index (χ0n) is 11.8. The molecule has 1 nitrogen and oxygen atoms in total. The maximum absolute atomic E-state index is 13.9. The predicted molar refractivity (Wildman–Crippen MR) is 79.2 cm³/mol. The first kappa shape index (κ1) is 14.8. The van der Waals surface area contributed by atoms with Crippen molar-refractivity contribution in [3.8, 4) is 0 Å². The minimum absolute atomic E-state index is 0.100. The fourth-order valence-corrected chi connectivity index (χ4v) is 2.85. The van der Waals surface area contributed by atoms with E-state index in [0.717, 1.165) is 31.4 Å². The molecule has 0 aromatic heterocycles. The molecule has 0 aliphatic heterocycles. The Morgan fingerprint density at radius 1 is 1.42 bits per heavy atom. The minimum atomic E-state index is -0.141. The van der Waals surface area contributed by atoms with E-state index in [-0.39, 0.29) is 11.2 Å². The van der Waals surface area contributed by atoms with E-state index in [4.69, 9.17) is 11.6 Å². The first-order valence-corrected chi connectivity index (χ1v) is 7.57. The highest BCUT2D eigenvalue weighted by Crippen LogP contribution is 2.31. The van der Waals surface area contributed by atoms with Gasteiger partial charge in [-0.3, -0.25) is 0 Å². The summed E-state index contributed by atoms with van der Waals surface area (Å²) in [6.07, 6.45) is 5.53. The van der Waals surface area contributed by atoms with Crippen LogP contribution in [0.3, 0.4) is 0 Å². The Morgan fingerprint density at radius 2 is 2.16 bits per heavy atom. The van der Waals surface area contributed by atoms with Gasteiger partial charge in [0.2, 0.25) is 0 Å². The van der Waals surface area contributed by atoms with Crippen LogP contribution < -0.4 is 5.32 Å². The van der Waals surface area contributed by atoms with Gasteiger partial charge in [-0.1, -0.05) is 31.9 Å². The second-order valence-corrected chi connectivity index (χ2v) is 6.56. The molecule has 0 spiro atoms. The number of benzene rings is 1.